The van der Waals surface area contributed by atoms with Crippen molar-refractivity contribution in [3.05, 3.63) is 62.6 Å². The van der Waals surface area contributed by atoms with Gasteiger partial charge in [0.2, 0.25) is 21.8 Å². The lowest BCUT2D eigenvalue weighted by molar-refractivity contribution is -0.140. The van der Waals surface area contributed by atoms with Crippen LogP contribution < -0.4 is 9.62 Å². The predicted octanol–water partition coefficient (Wildman–Crippen LogP) is 5.84. The average molecular weight is 591 g/mol. The number of aryl methyl sites for hydroxylation is 1. The van der Waals surface area contributed by atoms with Crippen LogP contribution in [-0.4, -0.2) is 50.5 Å². The Morgan fingerprint density at radius 2 is 1.73 bits per heavy atom. The van der Waals surface area contributed by atoms with Crippen LogP contribution >= 0.6 is 34.8 Å². The van der Waals surface area contributed by atoms with E-state index < -0.39 is 16.1 Å². The molecule has 0 aromatic heterocycles. The van der Waals surface area contributed by atoms with E-state index >= 15 is 0 Å². The molecule has 0 aliphatic rings. The van der Waals surface area contributed by atoms with Gasteiger partial charge in [0.1, 0.15) is 6.04 Å². The van der Waals surface area contributed by atoms with Gasteiger partial charge >= 0.3 is 0 Å². The van der Waals surface area contributed by atoms with E-state index in [1.165, 1.54) is 9.21 Å². The van der Waals surface area contributed by atoms with E-state index in [9.17, 15) is 18.0 Å². The van der Waals surface area contributed by atoms with Crippen molar-refractivity contribution >= 4 is 62.3 Å². The normalized spacial score (nSPS) is 12.2. The third kappa shape index (κ3) is 9.36. The minimum Gasteiger partial charge on any atom is -0.354 e. The Hall–Kier alpha value is -2.00. The number of halogens is 3. The Bertz CT molecular complexity index is 1210. The van der Waals surface area contributed by atoms with Crippen LogP contribution in [0.4, 0.5) is 5.69 Å². The highest BCUT2D eigenvalue weighted by molar-refractivity contribution is 7.92. The molecule has 2 amide bonds. The summed E-state index contributed by atoms with van der Waals surface area (Å²) in [7, 11) is -3.62. The van der Waals surface area contributed by atoms with Gasteiger partial charge in [-0.15, -0.1) is 0 Å². The summed E-state index contributed by atoms with van der Waals surface area (Å²) in [5.74, 6) is -0.533. The number of sulfonamides is 1. The number of benzene rings is 2. The van der Waals surface area contributed by atoms with E-state index in [-0.39, 0.29) is 37.7 Å². The molecular weight excluding hydrogens is 557 g/mol. The van der Waals surface area contributed by atoms with Crippen LogP contribution in [0.15, 0.2) is 36.4 Å². The molecule has 7 nitrogen and oxygen atoms in total. The minimum atomic E-state index is -3.62. The van der Waals surface area contributed by atoms with Crippen LogP contribution in [0.5, 0.6) is 0 Å². The molecule has 0 heterocycles. The van der Waals surface area contributed by atoms with Crippen molar-refractivity contribution < 1.29 is 18.0 Å². The van der Waals surface area contributed by atoms with E-state index in [0.717, 1.165) is 30.2 Å². The number of carbonyl (C=O) groups excluding carboxylic acids is 2. The first kappa shape index (κ1) is 31.2. The molecule has 1 atom stereocenters. The van der Waals surface area contributed by atoms with Crippen LogP contribution in [-0.2, 0) is 26.2 Å². The molecule has 0 fully saturated rings. The van der Waals surface area contributed by atoms with Crippen molar-refractivity contribution in [3.63, 3.8) is 0 Å². The molecule has 204 valence electrons. The number of hydrogen-bond donors (Lipinski definition) is 1. The SMILES string of the molecule is CCCCNC(=O)C(C)N(Cc1ccc(Cl)c(Cl)c1)C(=O)CCCN(c1cc(Cl)ccc1C)S(C)(=O)=O. The van der Waals surface area contributed by atoms with Crippen LogP contribution in [0.25, 0.3) is 0 Å². The second kappa shape index (κ2) is 14.2. The summed E-state index contributed by atoms with van der Waals surface area (Å²) >= 11 is 18.3. The van der Waals surface area contributed by atoms with Crippen LogP contribution in [0.2, 0.25) is 15.1 Å². The smallest absolute Gasteiger partial charge is 0.242 e. The summed E-state index contributed by atoms with van der Waals surface area (Å²) in [5, 5.41) is 4.04. The molecule has 37 heavy (non-hydrogen) atoms. The first-order valence-electron chi connectivity index (χ1n) is 12.1. The first-order valence-corrected chi connectivity index (χ1v) is 15.1. The van der Waals surface area contributed by atoms with Gasteiger partial charge in [-0.2, -0.15) is 0 Å². The first-order chi connectivity index (χ1) is 17.3. The topological polar surface area (TPSA) is 86.8 Å². The van der Waals surface area contributed by atoms with Gasteiger partial charge in [-0.25, -0.2) is 8.42 Å². The number of amides is 2. The number of nitrogens with one attached hydrogen (secondary N) is 1. The molecule has 0 saturated heterocycles. The van der Waals surface area contributed by atoms with Crippen molar-refractivity contribution in [3.8, 4) is 0 Å². The van der Waals surface area contributed by atoms with Gasteiger partial charge in [0, 0.05) is 31.1 Å². The van der Waals surface area contributed by atoms with Crippen molar-refractivity contribution in [1.29, 1.82) is 0 Å². The zero-order chi connectivity index (χ0) is 27.8. The molecule has 0 radical (unpaired) electrons. The van der Waals surface area contributed by atoms with E-state index in [1.54, 1.807) is 50.2 Å². The molecule has 0 aliphatic heterocycles. The number of hydrogen-bond acceptors (Lipinski definition) is 4. The van der Waals surface area contributed by atoms with Crippen LogP contribution in [0.1, 0.15) is 50.7 Å². The van der Waals surface area contributed by atoms with Crippen LogP contribution in [0, 0.1) is 6.92 Å². The van der Waals surface area contributed by atoms with Crippen LogP contribution in [0.3, 0.4) is 0 Å². The van der Waals surface area contributed by atoms with E-state index in [2.05, 4.69) is 5.32 Å². The Morgan fingerprint density at radius 1 is 1.03 bits per heavy atom. The molecule has 0 spiro atoms. The van der Waals surface area contributed by atoms with Gasteiger partial charge in [-0.3, -0.25) is 13.9 Å². The second-order valence-corrected chi connectivity index (χ2v) is 12.1. The highest BCUT2D eigenvalue weighted by Crippen LogP contribution is 2.27. The maximum Gasteiger partial charge on any atom is 0.242 e. The second-order valence-electron chi connectivity index (χ2n) is 8.96. The predicted molar refractivity (Wildman–Crippen MR) is 152 cm³/mol. The summed E-state index contributed by atoms with van der Waals surface area (Å²) in [6.07, 6.45) is 3.18. The highest BCUT2D eigenvalue weighted by Gasteiger charge is 2.27. The zero-order valence-corrected chi connectivity index (χ0v) is 24.6. The molecule has 0 bridgehead atoms. The fraction of sp³-hybridized carbons (Fsp3) is 0.462. The Kier molecular flexibility index (Phi) is 12.0. The Morgan fingerprint density at radius 3 is 2.35 bits per heavy atom. The van der Waals surface area contributed by atoms with Gasteiger partial charge in [0.15, 0.2) is 0 Å². The maximum atomic E-state index is 13.4. The van der Waals surface area contributed by atoms with E-state index in [4.69, 9.17) is 34.8 Å². The number of nitrogens with zero attached hydrogens (tertiary/aromatic N) is 2. The number of carbonyl (C=O) groups is 2. The molecule has 0 aliphatic carbocycles. The minimum absolute atomic E-state index is 0.0412. The third-order valence-electron chi connectivity index (χ3n) is 5.93. The summed E-state index contributed by atoms with van der Waals surface area (Å²) in [6, 6.07) is 9.37. The van der Waals surface area contributed by atoms with Crippen molar-refractivity contribution in [2.45, 2.75) is 59.0 Å². The molecule has 1 N–H and O–H groups in total. The van der Waals surface area contributed by atoms with Gasteiger partial charge in [-0.1, -0.05) is 60.3 Å². The summed E-state index contributed by atoms with van der Waals surface area (Å²) in [5.41, 5.74) is 1.95. The fourth-order valence-electron chi connectivity index (χ4n) is 3.79. The molecule has 2 aromatic carbocycles. The van der Waals surface area contributed by atoms with E-state index in [1.807, 2.05) is 6.92 Å². The van der Waals surface area contributed by atoms with Gasteiger partial charge < -0.3 is 10.2 Å². The largest absolute Gasteiger partial charge is 0.354 e. The standard InChI is InChI=1S/C26H34Cl3N3O4S/c1-5-6-13-30-26(34)19(3)31(17-20-10-12-22(28)23(29)15-20)25(33)8-7-14-32(37(4,35)36)24-16-21(27)11-9-18(24)2/h9-12,15-16,19H,5-8,13-14,17H2,1-4H3,(H,30,34). The summed E-state index contributed by atoms with van der Waals surface area (Å²) < 4.78 is 26.3. The quantitative estimate of drug-likeness (QED) is 0.297. The van der Waals surface area contributed by atoms with Gasteiger partial charge in [0.05, 0.1) is 22.0 Å². The molecular formula is C26H34Cl3N3O4S. The molecule has 2 rings (SSSR count). The van der Waals surface area contributed by atoms with Crippen molar-refractivity contribution in [2.24, 2.45) is 0 Å². The lowest BCUT2D eigenvalue weighted by atomic mass is 10.1. The maximum absolute atomic E-state index is 13.4. The summed E-state index contributed by atoms with van der Waals surface area (Å²) in [6.45, 7) is 6.27. The third-order valence-corrected chi connectivity index (χ3v) is 8.08. The molecule has 0 saturated carbocycles. The molecule has 1 unspecified atom stereocenters. The average Bonchev–Trinajstić information content (AvgIpc) is 2.83. The Labute approximate surface area is 235 Å². The lowest BCUT2D eigenvalue weighted by Crippen LogP contribution is -2.48. The molecule has 11 heteroatoms. The van der Waals surface area contributed by atoms with Crippen molar-refractivity contribution in [1.82, 2.24) is 10.2 Å². The molecule has 2 aromatic rings. The number of anilines is 1. The van der Waals surface area contributed by atoms with Gasteiger partial charge in [-0.05, 0) is 62.1 Å². The van der Waals surface area contributed by atoms with E-state index in [0.29, 0.717) is 27.3 Å². The van der Waals surface area contributed by atoms with Crippen molar-refractivity contribution in [2.75, 3.05) is 23.7 Å². The monoisotopic (exact) mass is 589 g/mol. The van der Waals surface area contributed by atoms with Gasteiger partial charge in [0.25, 0.3) is 0 Å². The Balaban J connectivity index is 2.21. The zero-order valence-electron chi connectivity index (χ0n) is 21.6. The lowest BCUT2D eigenvalue weighted by Gasteiger charge is -2.30. The highest BCUT2D eigenvalue weighted by atomic mass is 35.5. The fourth-order valence-corrected chi connectivity index (χ4v) is 5.29. The number of rotatable bonds is 13. The number of unbranched alkanes of at least 4 members (excludes halogenated alkanes) is 1. The summed E-state index contributed by atoms with van der Waals surface area (Å²) in [4.78, 5) is 27.6.